The fraction of sp³-hybridized carbons (Fsp3) is 0.444. The first-order valence-corrected chi connectivity index (χ1v) is 12.4. The van der Waals surface area contributed by atoms with E-state index in [2.05, 4.69) is 0 Å². The molecule has 2 saturated heterocycles. The Labute approximate surface area is 213 Å². The Balaban J connectivity index is 1.39. The molecule has 1 N–H and O–H groups in total. The van der Waals surface area contributed by atoms with Gasteiger partial charge < -0.3 is 19.9 Å². The molecule has 2 aromatic rings. The molecule has 4 rings (SSSR count). The number of halogens is 3. The van der Waals surface area contributed by atoms with Crippen molar-refractivity contribution in [1.82, 2.24) is 15.1 Å². The summed E-state index contributed by atoms with van der Waals surface area (Å²) >= 11 is 0. The lowest BCUT2D eigenvalue weighted by atomic mass is 9.77. The van der Waals surface area contributed by atoms with E-state index in [0.717, 1.165) is 0 Å². The molecular weight excluding hydrogens is 487 g/mol. The van der Waals surface area contributed by atoms with Crippen molar-refractivity contribution in [3.8, 4) is 5.75 Å². The monoisotopic (exact) mass is 517 g/mol. The van der Waals surface area contributed by atoms with Crippen LogP contribution < -0.4 is 10.1 Å². The number of hydrogen-bond donors (Lipinski definition) is 1. The first-order valence-electron chi connectivity index (χ1n) is 12.4. The summed E-state index contributed by atoms with van der Waals surface area (Å²) in [5, 5.41) is 1.88. The van der Waals surface area contributed by atoms with Crippen LogP contribution in [0.2, 0.25) is 0 Å². The number of benzene rings is 2. The quantitative estimate of drug-likeness (QED) is 0.629. The maximum absolute atomic E-state index is 13.3. The SMILES string of the molecule is CCOc1ccc(C(=O)N2CCC3(CC2)CCN(C(=O)[C@@H](NC(=O)C(F)(F)F)c2ccccc2)C3)cc1. The third-order valence-electron chi connectivity index (χ3n) is 7.19. The smallest absolute Gasteiger partial charge is 0.471 e. The summed E-state index contributed by atoms with van der Waals surface area (Å²) < 4.78 is 44.3. The Kier molecular flexibility index (Phi) is 7.75. The van der Waals surface area contributed by atoms with E-state index in [1.807, 2.05) is 12.2 Å². The molecule has 0 saturated carbocycles. The average molecular weight is 518 g/mol. The van der Waals surface area contributed by atoms with Crippen molar-refractivity contribution in [3.05, 3.63) is 65.7 Å². The lowest BCUT2D eigenvalue weighted by molar-refractivity contribution is -0.175. The van der Waals surface area contributed by atoms with E-state index in [1.54, 1.807) is 47.4 Å². The van der Waals surface area contributed by atoms with Gasteiger partial charge in [0.25, 0.3) is 5.91 Å². The Morgan fingerprint density at radius 1 is 0.946 bits per heavy atom. The maximum atomic E-state index is 13.3. The van der Waals surface area contributed by atoms with Gasteiger partial charge in [-0.2, -0.15) is 13.2 Å². The van der Waals surface area contributed by atoms with Gasteiger partial charge in [-0.15, -0.1) is 0 Å². The van der Waals surface area contributed by atoms with Crippen LogP contribution in [0.4, 0.5) is 13.2 Å². The van der Waals surface area contributed by atoms with Crippen LogP contribution in [0, 0.1) is 5.41 Å². The highest BCUT2D eigenvalue weighted by molar-refractivity contribution is 5.94. The molecule has 2 aliphatic rings. The third-order valence-corrected chi connectivity index (χ3v) is 7.19. The number of amides is 3. The van der Waals surface area contributed by atoms with E-state index in [4.69, 9.17) is 4.74 Å². The number of nitrogens with zero attached hydrogens (tertiary/aromatic N) is 2. The molecule has 10 heteroatoms. The second-order valence-electron chi connectivity index (χ2n) is 9.57. The predicted octanol–water partition coefficient (Wildman–Crippen LogP) is 3.96. The first-order chi connectivity index (χ1) is 17.6. The van der Waals surface area contributed by atoms with E-state index in [9.17, 15) is 27.6 Å². The molecule has 2 heterocycles. The number of likely N-dealkylation sites (tertiary alicyclic amines) is 2. The molecule has 0 radical (unpaired) electrons. The molecule has 2 aromatic carbocycles. The number of ether oxygens (including phenoxy) is 1. The van der Waals surface area contributed by atoms with Crippen molar-refractivity contribution in [2.45, 2.75) is 38.4 Å². The molecule has 7 nitrogen and oxygen atoms in total. The fourth-order valence-electron chi connectivity index (χ4n) is 5.09. The molecule has 1 spiro atoms. The number of carbonyl (C=O) groups is 3. The zero-order chi connectivity index (χ0) is 26.6. The Bertz CT molecular complexity index is 1110. The van der Waals surface area contributed by atoms with Gasteiger partial charge in [0.05, 0.1) is 6.61 Å². The Hall–Kier alpha value is -3.56. The summed E-state index contributed by atoms with van der Waals surface area (Å²) in [4.78, 5) is 41.3. The van der Waals surface area contributed by atoms with Crippen LogP contribution in [-0.2, 0) is 9.59 Å². The first kappa shape index (κ1) is 26.5. The Morgan fingerprint density at radius 3 is 2.11 bits per heavy atom. The maximum Gasteiger partial charge on any atom is 0.471 e. The van der Waals surface area contributed by atoms with E-state index in [0.29, 0.717) is 68.9 Å². The van der Waals surface area contributed by atoms with Crippen LogP contribution in [-0.4, -0.2) is 66.5 Å². The summed E-state index contributed by atoms with van der Waals surface area (Å²) in [7, 11) is 0. The van der Waals surface area contributed by atoms with Crippen LogP contribution in [0.3, 0.4) is 0 Å². The van der Waals surface area contributed by atoms with Crippen molar-refractivity contribution in [2.24, 2.45) is 5.41 Å². The van der Waals surface area contributed by atoms with Gasteiger partial charge >= 0.3 is 12.1 Å². The van der Waals surface area contributed by atoms with Crippen molar-refractivity contribution < 1.29 is 32.3 Å². The number of hydrogen-bond acceptors (Lipinski definition) is 4. The van der Waals surface area contributed by atoms with E-state index in [1.165, 1.54) is 17.0 Å². The minimum atomic E-state index is -5.09. The molecular formula is C27H30F3N3O4. The van der Waals surface area contributed by atoms with E-state index in [-0.39, 0.29) is 11.3 Å². The molecule has 0 unspecified atom stereocenters. The van der Waals surface area contributed by atoms with Gasteiger partial charge in [0.2, 0.25) is 5.91 Å². The van der Waals surface area contributed by atoms with Gasteiger partial charge in [-0.05, 0) is 61.4 Å². The lowest BCUT2D eigenvalue weighted by Gasteiger charge is -2.39. The summed E-state index contributed by atoms with van der Waals surface area (Å²) in [5.41, 5.74) is 0.663. The molecule has 0 aliphatic carbocycles. The number of rotatable bonds is 6. The molecule has 0 bridgehead atoms. The highest BCUT2D eigenvalue weighted by atomic mass is 19.4. The molecule has 1 atom stereocenters. The summed E-state index contributed by atoms with van der Waals surface area (Å²) in [6.07, 6.45) is -3.03. The normalized spacial score (nSPS) is 17.9. The van der Waals surface area contributed by atoms with E-state index < -0.39 is 24.0 Å². The van der Waals surface area contributed by atoms with Gasteiger partial charge in [0.15, 0.2) is 0 Å². The number of nitrogens with one attached hydrogen (secondary N) is 1. The van der Waals surface area contributed by atoms with Crippen molar-refractivity contribution in [3.63, 3.8) is 0 Å². The Morgan fingerprint density at radius 2 is 1.54 bits per heavy atom. The number of piperidine rings is 1. The largest absolute Gasteiger partial charge is 0.494 e. The standard InChI is InChI=1S/C27H30F3N3O4/c1-2-37-21-10-8-20(9-11-21)23(34)32-15-12-26(13-16-32)14-17-33(18-26)24(35)22(19-6-4-3-5-7-19)31-25(36)27(28,29)30/h3-11,22H,2,12-18H2,1H3,(H,31,36)/t22-/m0/s1. The number of alkyl halides is 3. The molecule has 2 aliphatic heterocycles. The summed E-state index contributed by atoms with van der Waals surface area (Å²) in [6, 6.07) is 13.5. The molecule has 0 aromatic heterocycles. The van der Waals surface area contributed by atoms with Crippen molar-refractivity contribution >= 4 is 17.7 Å². The van der Waals surface area contributed by atoms with Crippen molar-refractivity contribution in [1.29, 1.82) is 0 Å². The number of carbonyl (C=O) groups excluding carboxylic acids is 3. The second kappa shape index (κ2) is 10.8. The van der Waals surface area contributed by atoms with Crippen LogP contribution in [0.15, 0.2) is 54.6 Å². The van der Waals surface area contributed by atoms with Crippen molar-refractivity contribution in [2.75, 3.05) is 32.8 Å². The highest BCUT2D eigenvalue weighted by Gasteiger charge is 2.46. The van der Waals surface area contributed by atoms with Gasteiger partial charge in [-0.1, -0.05) is 30.3 Å². The zero-order valence-electron chi connectivity index (χ0n) is 20.6. The van der Waals surface area contributed by atoms with Crippen LogP contribution in [0.25, 0.3) is 0 Å². The molecule has 2 fully saturated rings. The van der Waals surface area contributed by atoms with Gasteiger partial charge in [-0.25, -0.2) is 0 Å². The highest BCUT2D eigenvalue weighted by Crippen LogP contribution is 2.41. The minimum absolute atomic E-state index is 0.0668. The average Bonchev–Trinajstić information content (AvgIpc) is 3.31. The minimum Gasteiger partial charge on any atom is -0.494 e. The lowest BCUT2D eigenvalue weighted by Crippen LogP contribution is -2.48. The predicted molar refractivity (Wildman–Crippen MR) is 130 cm³/mol. The van der Waals surface area contributed by atoms with Crippen LogP contribution >= 0.6 is 0 Å². The van der Waals surface area contributed by atoms with Crippen LogP contribution in [0.5, 0.6) is 5.75 Å². The van der Waals surface area contributed by atoms with Gasteiger partial charge in [0, 0.05) is 31.7 Å². The molecule has 198 valence electrons. The topological polar surface area (TPSA) is 79.0 Å². The molecule has 37 heavy (non-hydrogen) atoms. The molecule has 3 amide bonds. The van der Waals surface area contributed by atoms with Gasteiger partial charge in [0.1, 0.15) is 11.8 Å². The van der Waals surface area contributed by atoms with E-state index >= 15 is 0 Å². The van der Waals surface area contributed by atoms with Crippen LogP contribution in [0.1, 0.15) is 48.1 Å². The third kappa shape index (κ3) is 6.06. The zero-order valence-corrected chi connectivity index (χ0v) is 20.6. The fourth-order valence-corrected chi connectivity index (χ4v) is 5.09. The second-order valence-corrected chi connectivity index (χ2v) is 9.57. The summed E-state index contributed by atoms with van der Waals surface area (Å²) in [6.45, 7) is 4.25. The summed E-state index contributed by atoms with van der Waals surface area (Å²) in [5.74, 6) is -2.08. The van der Waals surface area contributed by atoms with Gasteiger partial charge in [-0.3, -0.25) is 14.4 Å².